The zero-order chi connectivity index (χ0) is 16.9. The molecule has 3 nitrogen and oxygen atoms in total. The predicted molar refractivity (Wildman–Crippen MR) is 96.6 cm³/mol. The van der Waals surface area contributed by atoms with Gasteiger partial charge in [-0.15, -0.1) is 0 Å². The summed E-state index contributed by atoms with van der Waals surface area (Å²) in [6, 6.07) is 10.3. The lowest BCUT2D eigenvalue weighted by Gasteiger charge is -2.34. The molecule has 2 rings (SSSR count). The second-order valence-corrected chi connectivity index (χ2v) is 7.59. The smallest absolute Gasteiger partial charge is 0.230 e. The largest absolute Gasteiger partial charge is 0.341 e. The van der Waals surface area contributed by atoms with E-state index < -0.39 is 0 Å². The van der Waals surface area contributed by atoms with Gasteiger partial charge >= 0.3 is 0 Å². The molecule has 1 aliphatic heterocycles. The highest BCUT2D eigenvalue weighted by Crippen LogP contribution is 2.25. The minimum absolute atomic E-state index is 0.0161. The maximum atomic E-state index is 13.1. The molecule has 1 fully saturated rings. The van der Waals surface area contributed by atoms with E-state index in [9.17, 15) is 4.79 Å². The van der Waals surface area contributed by atoms with Crippen molar-refractivity contribution >= 4 is 5.91 Å². The monoisotopic (exact) mass is 316 g/mol. The Morgan fingerprint density at radius 1 is 1.09 bits per heavy atom. The normalized spacial score (nSPS) is 18.5. The highest BCUT2D eigenvalue weighted by atomic mass is 16.2. The number of rotatable bonds is 4. The van der Waals surface area contributed by atoms with E-state index >= 15 is 0 Å². The third-order valence-electron chi connectivity index (χ3n) is 4.83. The summed E-state index contributed by atoms with van der Waals surface area (Å²) in [6.07, 6.45) is 3.03. The van der Waals surface area contributed by atoms with Crippen LogP contribution in [0.3, 0.4) is 0 Å². The van der Waals surface area contributed by atoms with E-state index in [1.165, 1.54) is 0 Å². The molecule has 1 amide bonds. The van der Waals surface area contributed by atoms with Gasteiger partial charge in [0.1, 0.15) is 0 Å². The summed E-state index contributed by atoms with van der Waals surface area (Å²) >= 11 is 0. The molecule has 0 bridgehead atoms. The molecule has 0 radical (unpaired) electrons. The first-order chi connectivity index (χ1) is 10.9. The van der Waals surface area contributed by atoms with Crippen LogP contribution >= 0.6 is 0 Å². The van der Waals surface area contributed by atoms with Crippen LogP contribution in [0.15, 0.2) is 30.3 Å². The van der Waals surface area contributed by atoms with Crippen molar-refractivity contribution in [2.24, 2.45) is 0 Å². The van der Waals surface area contributed by atoms with Crippen molar-refractivity contribution in [1.82, 2.24) is 9.80 Å². The van der Waals surface area contributed by atoms with Crippen LogP contribution in [0.2, 0.25) is 0 Å². The zero-order valence-electron chi connectivity index (χ0n) is 15.2. The standard InChI is InChI=1S/C20H32N2O/c1-5-10-18(17-11-7-6-8-12-17)19(23)21-13-9-14-22(16-15-21)20(2,3)4/h6-8,11-12,18H,5,9-10,13-16H2,1-4H3. The first-order valence-electron chi connectivity index (χ1n) is 9.02. The van der Waals surface area contributed by atoms with Crippen molar-refractivity contribution in [3.8, 4) is 0 Å². The number of carbonyl (C=O) groups excluding carboxylic acids is 1. The average molecular weight is 316 g/mol. The number of amides is 1. The van der Waals surface area contributed by atoms with Gasteiger partial charge in [-0.05, 0) is 39.2 Å². The fourth-order valence-corrected chi connectivity index (χ4v) is 3.44. The van der Waals surface area contributed by atoms with Gasteiger partial charge in [-0.2, -0.15) is 0 Å². The van der Waals surface area contributed by atoms with E-state index in [1.807, 2.05) is 18.2 Å². The van der Waals surface area contributed by atoms with Crippen molar-refractivity contribution in [3.63, 3.8) is 0 Å². The minimum atomic E-state index is 0.0161. The van der Waals surface area contributed by atoms with E-state index in [0.717, 1.165) is 51.0 Å². The lowest BCUT2D eigenvalue weighted by Crippen LogP contribution is -2.44. The van der Waals surface area contributed by atoms with Gasteiger partial charge in [0.25, 0.3) is 0 Å². The highest BCUT2D eigenvalue weighted by Gasteiger charge is 2.29. The number of hydrogen-bond donors (Lipinski definition) is 0. The van der Waals surface area contributed by atoms with Gasteiger partial charge < -0.3 is 4.90 Å². The molecule has 0 aromatic heterocycles. The molecular weight excluding hydrogens is 284 g/mol. The van der Waals surface area contributed by atoms with Crippen LogP contribution in [-0.4, -0.2) is 47.4 Å². The van der Waals surface area contributed by atoms with Gasteiger partial charge in [0.2, 0.25) is 5.91 Å². The predicted octanol–water partition coefficient (Wildman–Crippen LogP) is 3.90. The Morgan fingerprint density at radius 2 is 1.78 bits per heavy atom. The summed E-state index contributed by atoms with van der Waals surface area (Å²) in [5, 5.41) is 0. The maximum Gasteiger partial charge on any atom is 0.230 e. The van der Waals surface area contributed by atoms with Gasteiger partial charge in [0.05, 0.1) is 5.92 Å². The molecule has 1 aliphatic rings. The van der Waals surface area contributed by atoms with Gasteiger partial charge in [-0.3, -0.25) is 9.69 Å². The molecule has 1 aromatic rings. The summed E-state index contributed by atoms with van der Waals surface area (Å²) in [5.74, 6) is 0.330. The molecular formula is C20H32N2O. The highest BCUT2D eigenvalue weighted by molar-refractivity contribution is 5.83. The quantitative estimate of drug-likeness (QED) is 0.841. The molecule has 1 atom stereocenters. The summed E-state index contributed by atoms with van der Waals surface area (Å²) in [5.41, 5.74) is 1.35. The topological polar surface area (TPSA) is 23.6 Å². The van der Waals surface area contributed by atoms with Crippen molar-refractivity contribution in [2.45, 2.75) is 58.4 Å². The average Bonchev–Trinajstić information content (AvgIpc) is 2.78. The van der Waals surface area contributed by atoms with Gasteiger partial charge in [-0.1, -0.05) is 43.7 Å². The van der Waals surface area contributed by atoms with E-state index in [0.29, 0.717) is 5.91 Å². The van der Waals surface area contributed by atoms with Crippen LogP contribution in [0.4, 0.5) is 0 Å². The Hall–Kier alpha value is -1.35. The second kappa shape index (κ2) is 7.96. The van der Waals surface area contributed by atoms with E-state index in [2.05, 4.69) is 49.6 Å². The lowest BCUT2D eigenvalue weighted by atomic mass is 9.93. The fourth-order valence-electron chi connectivity index (χ4n) is 3.44. The minimum Gasteiger partial charge on any atom is -0.341 e. The maximum absolute atomic E-state index is 13.1. The van der Waals surface area contributed by atoms with E-state index in [-0.39, 0.29) is 11.5 Å². The molecule has 1 aromatic carbocycles. The van der Waals surface area contributed by atoms with Crippen molar-refractivity contribution in [1.29, 1.82) is 0 Å². The van der Waals surface area contributed by atoms with Gasteiger partial charge in [0, 0.05) is 31.7 Å². The van der Waals surface area contributed by atoms with Crippen LogP contribution in [0.5, 0.6) is 0 Å². The fraction of sp³-hybridized carbons (Fsp3) is 0.650. The molecule has 3 heteroatoms. The lowest BCUT2D eigenvalue weighted by molar-refractivity contribution is -0.133. The first kappa shape index (κ1) is 18.0. The summed E-state index contributed by atoms with van der Waals surface area (Å²) in [4.78, 5) is 17.7. The summed E-state index contributed by atoms with van der Waals surface area (Å²) < 4.78 is 0. The Labute approximate surface area is 141 Å². The molecule has 1 saturated heterocycles. The number of carbonyl (C=O) groups is 1. The molecule has 128 valence electrons. The van der Waals surface area contributed by atoms with E-state index in [1.54, 1.807) is 0 Å². The van der Waals surface area contributed by atoms with Crippen LogP contribution in [0, 0.1) is 0 Å². The first-order valence-corrected chi connectivity index (χ1v) is 9.02. The Morgan fingerprint density at radius 3 is 2.39 bits per heavy atom. The molecule has 1 unspecified atom stereocenters. The SMILES string of the molecule is CCCC(C(=O)N1CCCN(C(C)(C)C)CC1)c1ccccc1. The molecule has 0 aliphatic carbocycles. The molecule has 0 N–H and O–H groups in total. The van der Waals surface area contributed by atoms with Gasteiger partial charge in [0.15, 0.2) is 0 Å². The third-order valence-corrected chi connectivity index (χ3v) is 4.83. The Bertz CT molecular complexity index is 492. The second-order valence-electron chi connectivity index (χ2n) is 7.59. The molecule has 1 heterocycles. The van der Waals surface area contributed by atoms with Crippen LogP contribution in [0.25, 0.3) is 0 Å². The third kappa shape index (κ3) is 4.81. The summed E-state index contributed by atoms with van der Waals surface area (Å²) in [7, 11) is 0. The van der Waals surface area contributed by atoms with Crippen molar-refractivity contribution in [3.05, 3.63) is 35.9 Å². The van der Waals surface area contributed by atoms with Crippen molar-refractivity contribution < 1.29 is 4.79 Å². The molecule has 23 heavy (non-hydrogen) atoms. The molecule has 0 spiro atoms. The summed E-state index contributed by atoms with van der Waals surface area (Å²) in [6.45, 7) is 12.7. The van der Waals surface area contributed by atoms with Crippen LogP contribution in [0.1, 0.15) is 58.4 Å². The van der Waals surface area contributed by atoms with E-state index in [4.69, 9.17) is 0 Å². The number of hydrogen-bond acceptors (Lipinski definition) is 2. The van der Waals surface area contributed by atoms with Crippen LogP contribution < -0.4 is 0 Å². The Kier molecular flexibility index (Phi) is 6.23. The Balaban J connectivity index is 2.08. The zero-order valence-corrected chi connectivity index (χ0v) is 15.2. The van der Waals surface area contributed by atoms with Crippen LogP contribution in [-0.2, 0) is 4.79 Å². The molecule has 0 saturated carbocycles. The van der Waals surface area contributed by atoms with Gasteiger partial charge in [-0.25, -0.2) is 0 Å². The van der Waals surface area contributed by atoms with Crippen molar-refractivity contribution in [2.75, 3.05) is 26.2 Å². The number of benzene rings is 1. The number of nitrogens with zero attached hydrogens (tertiary/aromatic N) is 2.